The number of nitrogens with one attached hydrogen (secondary N) is 1. The van der Waals surface area contributed by atoms with Gasteiger partial charge in [-0.15, -0.1) is 0 Å². The van der Waals surface area contributed by atoms with Gasteiger partial charge in [-0.25, -0.2) is 12.8 Å². The summed E-state index contributed by atoms with van der Waals surface area (Å²) in [4.78, 5) is 0. The summed E-state index contributed by atoms with van der Waals surface area (Å²) in [6.45, 7) is 0. The molecule has 100 valence electrons. The summed E-state index contributed by atoms with van der Waals surface area (Å²) in [7, 11) is -3.42. The zero-order chi connectivity index (χ0) is 13.2. The van der Waals surface area contributed by atoms with Crippen LogP contribution in [0.1, 0.15) is 32.1 Å². The number of benzene rings is 1. The molecule has 0 bridgehead atoms. The molecule has 2 rings (SSSR count). The third-order valence-electron chi connectivity index (χ3n) is 3.17. The second-order valence-corrected chi connectivity index (χ2v) is 7.35. The first kappa shape index (κ1) is 13.8. The van der Waals surface area contributed by atoms with Crippen LogP contribution in [-0.2, 0) is 10.0 Å². The van der Waals surface area contributed by atoms with Crippen LogP contribution in [0.5, 0.6) is 0 Å². The molecule has 0 radical (unpaired) electrons. The predicted octanol–water partition coefficient (Wildman–Crippen LogP) is 3.66. The molecule has 18 heavy (non-hydrogen) atoms. The molecule has 0 saturated heterocycles. The SMILES string of the molecule is O=S(=O)(Nc1cc(F)ccc1Br)C1CCCCC1. The standard InChI is InChI=1S/C12H15BrFNO2S/c13-11-7-6-9(14)8-12(11)15-18(16,17)10-4-2-1-3-5-10/h6-8,10,15H,1-5H2. The molecule has 0 atom stereocenters. The van der Waals surface area contributed by atoms with Gasteiger partial charge in [-0.3, -0.25) is 4.72 Å². The molecule has 1 aromatic carbocycles. The maximum atomic E-state index is 13.1. The Labute approximate surface area is 115 Å². The second-order valence-electron chi connectivity index (χ2n) is 4.53. The number of sulfonamides is 1. The molecule has 1 saturated carbocycles. The molecule has 1 N–H and O–H groups in total. The minimum absolute atomic E-state index is 0.264. The van der Waals surface area contributed by atoms with E-state index < -0.39 is 15.8 Å². The van der Waals surface area contributed by atoms with Gasteiger partial charge in [-0.05, 0) is 47.0 Å². The number of anilines is 1. The van der Waals surface area contributed by atoms with Crippen molar-refractivity contribution in [3.8, 4) is 0 Å². The summed E-state index contributed by atoms with van der Waals surface area (Å²) < 4.78 is 40.5. The van der Waals surface area contributed by atoms with Gasteiger partial charge >= 0.3 is 0 Å². The number of halogens is 2. The van der Waals surface area contributed by atoms with Crippen molar-refractivity contribution in [1.82, 2.24) is 0 Å². The van der Waals surface area contributed by atoms with Gasteiger partial charge in [0, 0.05) is 4.47 Å². The van der Waals surface area contributed by atoms with Gasteiger partial charge < -0.3 is 0 Å². The van der Waals surface area contributed by atoms with Crippen LogP contribution in [0, 0.1) is 5.82 Å². The summed E-state index contributed by atoms with van der Waals surface area (Å²) in [5.74, 6) is -0.459. The fourth-order valence-corrected chi connectivity index (χ4v) is 4.26. The van der Waals surface area contributed by atoms with E-state index in [0.29, 0.717) is 17.3 Å². The first-order chi connectivity index (χ1) is 8.49. The molecule has 3 nitrogen and oxygen atoms in total. The highest BCUT2D eigenvalue weighted by molar-refractivity contribution is 9.10. The Bertz CT molecular complexity index is 527. The van der Waals surface area contributed by atoms with Crippen LogP contribution in [0.25, 0.3) is 0 Å². The lowest BCUT2D eigenvalue weighted by Gasteiger charge is -2.22. The molecule has 0 spiro atoms. The molecular weight excluding hydrogens is 321 g/mol. The topological polar surface area (TPSA) is 46.2 Å². The van der Waals surface area contributed by atoms with E-state index in [9.17, 15) is 12.8 Å². The second kappa shape index (κ2) is 5.57. The van der Waals surface area contributed by atoms with Gasteiger partial charge in [0.15, 0.2) is 0 Å². The average molecular weight is 336 g/mol. The van der Waals surface area contributed by atoms with Crippen LogP contribution < -0.4 is 4.72 Å². The summed E-state index contributed by atoms with van der Waals surface area (Å²) >= 11 is 3.21. The Hall–Kier alpha value is -0.620. The average Bonchev–Trinajstić information content (AvgIpc) is 2.35. The summed E-state index contributed by atoms with van der Waals surface area (Å²) in [6.07, 6.45) is 4.34. The van der Waals surface area contributed by atoms with Gasteiger partial charge in [-0.2, -0.15) is 0 Å². The quantitative estimate of drug-likeness (QED) is 0.916. The monoisotopic (exact) mass is 335 g/mol. The molecule has 1 fully saturated rings. The zero-order valence-electron chi connectivity index (χ0n) is 9.83. The number of hydrogen-bond donors (Lipinski definition) is 1. The molecule has 0 amide bonds. The van der Waals surface area contributed by atoms with E-state index in [-0.39, 0.29) is 10.9 Å². The highest BCUT2D eigenvalue weighted by Gasteiger charge is 2.27. The van der Waals surface area contributed by atoms with Crippen molar-refractivity contribution >= 4 is 31.6 Å². The van der Waals surface area contributed by atoms with Crippen LogP contribution >= 0.6 is 15.9 Å². The lowest BCUT2D eigenvalue weighted by molar-refractivity contribution is 0.486. The summed E-state index contributed by atoms with van der Waals surface area (Å²) in [6, 6.07) is 3.96. The van der Waals surface area contributed by atoms with E-state index >= 15 is 0 Å². The Morgan fingerprint density at radius 2 is 1.89 bits per heavy atom. The normalized spacial score (nSPS) is 17.7. The molecule has 0 unspecified atom stereocenters. The van der Waals surface area contributed by atoms with Gasteiger partial charge in [0.25, 0.3) is 0 Å². The van der Waals surface area contributed by atoms with Crippen LogP contribution in [0.15, 0.2) is 22.7 Å². The molecule has 1 aliphatic carbocycles. The highest BCUT2D eigenvalue weighted by atomic mass is 79.9. The maximum Gasteiger partial charge on any atom is 0.235 e. The molecule has 6 heteroatoms. The van der Waals surface area contributed by atoms with Crippen LogP contribution in [-0.4, -0.2) is 13.7 Å². The lowest BCUT2D eigenvalue weighted by atomic mass is 10.0. The van der Waals surface area contributed by atoms with Gasteiger partial charge in [-0.1, -0.05) is 19.3 Å². The van der Waals surface area contributed by atoms with Crippen molar-refractivity contribution in [3.05, 3.63) is 28.5 Å². The highest BCUT2D eigenvalue weighted by Crippen LogP contribution is 2.28. The maximum absolute atomic E-state index is 13.1. The Morgan fingerprint density at radius 3 is 2.56 bits per heavy atom. The van der Waals surface area contributed by atoms with Crippen molar-refractivity contribution in [2.75, 3.05) is 4.72 Å². The van der Waals surface area contributed by atoms with Crippen molar-refractivity contribution in [3.63, 3.8) is 0 Å². The molecule has 0 heterocycles. The predicted molar refractivity (Wildman–Crippen MR) is 73.5 cm³/mol. The minimum atomic E-state index is -3.42. The largest absolute Gasteiger partial charge is 0.282 e. The van der Waals surface area contributed by atoms with E-state index in [4.69, 9.17) is 0 Å². The molecule has 1 aliphatic rings. The van der Waals surface area contributed by atoms with Crippen molar-refractivity contribution in [2.24, 2.45) is 0 Å². The van der Waals surface area contributed by atoms with Crippen LogP contribution in [0.2, 0.25) is 0 Å². The lowest BCUT2D eigenvalue weighted by Crippen LogP contribution is -2.29. The van der Waals surface area contributed by atoms with Crippen molar-refractivity contribution in [1.29, 1.82) is 0 Å². The summed E-state index contributed by atoms with van der Waals surface area (Å²) in [5, 5.41) is -0.360. The van der Waals surface area contributed by atoms with Gasteiger partial charge in [0.05, 0.1) is 10.9 Å². The van der Waals surface area contributed by atoms with E-state index in [1.807, 2.05) is 0 Å². The Balaban J connectivity index is 2.18. The number of rotatable bonds is 3. The third-order valence-corrected chi connectivity index (χ3v) is 5.72. The van der Waals surface area contributed by atoms with E-state index in [1.165, 1.54) is 18.2 Å². The van der Waals surface area contributed by atoms with E-state index in [0.717, 1.165) is 19.3 Å². The summed E-state index contributed by atoms with van der Waals surface area (Å²) in [5.41, 5.74) is 0.264. The Kier molecular flexibility index (Phi) is 4.27. The Morgan fingerprint density at radius 1 is 1.22 bits per heavy atom. The third kappa shape index (κ3) is 3.23. The fraction of sp³-hybridized carbons (Fsp3) is 0.500. The van der Waals surface area contributed by atoms with Gasteiger partial charge in [0.2, 0.25) is 10.0 Å². The minimum Gasteiger partial charge on any atom is -0.282 e. The molecular formula is C12H15BrFNO2S. The van der Waals surface area contributed by atoms with Crippen LogP contribution in [0.4, 0.5) is 10.1 Å². The van der Waals surface area contributed by atoms with Crippen molar-refractivity contribution in [2.45, 2.75) is 37.4 Å². The molecule has 0 aliphatic heterocycles. The van der Waals surface area contributed by atoms with E-state index in [2.05, 4.69) is 20.7 Å². The first-order valence-electron chi connectivity index (χ1n) is 5.96. The number of hydrogen-bond acceptors (Lipinski definition) is 2. The van der Waals surface area contributed by atoms with Crippen LogP contribution in [0.3, 0.4) is 0 Å². The molecule has 0 aromatic heterocycles. The van der Waals surface area contributed by atoms with E-state index in [1.54, 1.807) is 0 Å². The van der Waals surface area contributed by atoms with Gasteiger partial charge in [0.1, 0.15) is 5.82 Å². The van der Waals surface area contributed by atoms with Crippen molar-refractivity contribution < 1.29 is 12.8 Å². The zero-order valence-corrected chi connectivity index (χ0v) is 12.2. The fourth-order valence-electron chi connectivity index (χ4n) is 2.19. The molecule has 1 aromatic rings. The smallest absolute Gasteiger partial charge is 0.235 e. The first-order valence-corrected chi connectivity index (χ1v) is 8.29.